The normalized spacial score (nSPS) is 17.4. The number of likely N-dealkylation sites (tertiary alicyclic amines) is 1. The lowest BCUT2D eigenvalue weighted by atomic mass is 10.0. The second kappa shape index (κ2) is 14.4. The van der Waals surface area contributed by atoms with Crippen LogP contribution in [-0.4, -0.2) is 100 Å². The van der Waals surface area contributed by atoms with Crippen LogP contribution in [0, 0.1) is 0 Å². The summed E-state index contributed by atoms with van der Waals surface area (Å²) < 4.78 is 0.941. The van der Waals surface area contributed by atoms with Gasteiger partial charge in [-0.15, -0.1) is 0 Å². The molecule has 0 unspecified atom stereocenters. The first-order chi connectivity index (χ1) is 23.1. The van der Waals surface area contributed by atoms with Crippen molar-refractivity contribution >= 4 is 67.2 Å². The fourth-order valence-electron chi connectivity index (χ4n) is 6.53. The molecule has 3 aliphatic heterocycles. The molecule has 0 radical (unpaired) electrons. The molecule has 6 rings (SSSR count). The summed E-state index contributed by atoms with van der Waals surface area (Å²) in [4.78, 5) is 59.1. The first-order valence-corrected chi connectivity index (χ1v) is 17.4. The Kier molecular flexibility index (Phi) is 10.1. The van der Waals surface area contributed by atoms with Crippen LogP contribution < -0.4 is 15.5 Å². The zero-order chi connectivity index (χ0) is 33.9. The number of hydrogen-bond acceptors (Lipinski definition) is 6. The Morgan fingerprint density at radius 2 is 1.54 bits per heavy atom. The highest BCUT2D eigenvalue weighted by atomic mass is 79.9. The van der Waals surface area contributed by atoms with E-state index in [1.165, 1.54) is 0 Å². The molecule has 2 saturated heterocycles. The average molecular weight is 785 g/mol. The van der Waals surface area contributed by atoms with Crippen LogP contribution in [0.3, 0.4) is 0 Å². The van der Waals surface area contributed by atoms with Gasteiger partial charge in [0.15, 0.2) is 0 Å². The monoisotopic (exact) mass is 782 g/mol. The molecule has 3 aromatic carbocycles. The number of carbonyl (C=O) groups is 4. The number of urea groups is 2. The van der Waals surface area contributed by atoms with Crippen LogP contribution in [0.5, 0.6) is 5.75 Å². The van der Waals surface area contributed by atoms with E-state index in [1.54, 1.807) is 46.2 Å². The van der Waals surface area contributed by atoms with Gasteiger partial charge in [-0.3, -0.25) is 4.79 Å². The van der Waals surface area contributed by atoms with Gasteiger partial charge >= 0.3 is 18.0 Å². The molecule has 3 aromatic rings. The molecule has 3 heterocycles. The lowest BCUT2D eigenvalue weighted by molar-refractivity contribution is -0.133. The Morgan fingerprint density at radius 3 is 2.19 bits per heavy atom. The van der Waals surface area contributed by atoms with E-state index in [2.05, 4.69) is 47.4 Å². The lowest BCUT2D eigenvalue weighted by Gasteiger charge is -2.41. The van der Waals surface area contributed by atoms with E-state index in [0.29, 0.717) is 67.6 Å². The van der Waals surface area contributed by atoms with Crippen LogP contribution in [0.25, 0.3) is 0 Å². The van der Waals surface area contributed by atoms with E-state index in [9.17, 15) is 29.4 Å². The molecule has 252 valence electrons. The minimum Gasteiger partial charge on any atom is -0.506 e. The number of para-hydroxylation sites is 1. The molecular weight excluding hydrogens is 748 g/mol. The predicted molar refractivity (Wildman–Crippen MR) is 187 cm³/mol. The third kappa shape index (κ3) is 7.39. The molecule has 0 spiro atoms. The van der Waals surface area contributed by atoms with Gasteiger partial charge in [-0.25, -0.2) is 14.4 Å². The summed E-state index contributed by atoms with van der Waals surface area (Å²) in [6.45, 7) is 3.38. The third-order valence-electron chi connectivity index (χ3n) is 9.24. The van der Waals surface area contributed by atoms with Gasteiger partial charge in [0.2, 0.25) is 5.91 Å². The number of nitrogens with one attached hydrogen (secondary N) is 2. The Hall–Kier alpha value is -4.30. The Labute approximate surface area is 294 Å². The number of amides is 5. The van der Waals surface area contributed by atoms with E-state index in [1.807, 2.05) is 29.2 Å². The standard InChI is InChI=1S/C34H36Br2N6O6/c35-26-17-21(18-27(36)30(26)43)19-29(31(44)40-15-13-39(14-16-40)24-7-5-22(6-8-24)32(45)46)38-33(47)41-11-9-25(10-12-41)42-20-23-3-1-2-4-28(23)37-34(42)48/h1-8,17-18,25,29,43H,9-16,19-20H2,(H,37,48)(H,38,47)(H,45,46)/t29-/m1/s1. The Bertz CT molecular complexity index is 1680. The molecule has 48 heavy (non-hydrogen) atoms. The molecule has 3 aliphatic rings. The maximum atomic E-state index is 14.0. The molecule has 0 aromatic heterocycles. The highest BCUT2D eigenvalue weighted by molar-refractivity contribution is 9.11. The summed E-state index contributed by atoms with van der Waals surface area (Å²) in [6.07, 6.45) is 1.45. The van der Waals surface area contributed by atoms with Gasteiger partial charge in [-0.1, -0.05) is 18.2 Å². The predicted octanol–water partition coefficient (Wildman–Crippen LogP) is 5.10. The lowest BCUT2D eigenvalue weighted by Crippen LogP contribution is -2.58. The number of piperidine rings is 1. The summed E-state index contributed by atoms with van der Waals surface area (Å²) >= 11 is 6.73. The van der Waals surface area contributed by atoms with Crippen LogP contribution >= 0.6 is 31.9 Å². The number of phenolic OH excluding ortho intramolecular Hbond substituents is 1. The number of fused-ring (bicyclic) bond motifs is 1. The number of hydrogen-bond donors (Lipinski definition) is 4. The number of halogens is 2. The van der Waals surface area contributed by atoms with Gasteiger partial charge in [0, 0.05) is 69.7 Å². The summed E-state index contributed by atoms with van der Waals surface area (Å²) in [6, 6.07) is 16.6. The van der Waals surface area contributed by atoms with Crippen LogP contribution in [0.15, 0.2) is 69.6 Å². The summed E-state index contributed by atoms with van der Waals surface area (Å²) in [5, 5.41) is 25.4. The number of aromatic hydroxyl groups is 1. The van der Waals surface area contributed by atoms with Crippen molar-refractivity contribution in [2.75, 3.05) is 49.5 Å². The molecule has 0 bridgehead atoms. The van der Waals surface area contributed by atoms with E-state index >= 15 is 0 Å². The molecule has 14 heteroatoms. The van der Waals surface area contributed by atoms with Gasteiger partial charge < -0.3 is 40.4 Å². The van der Waals surface area contributed by atoms with Gasteiger partial charge in [-0.2, -0.15) is 0 Å². The minimum atomic E-state index is -0.984. The van der Waals surface area contributed by atoms with E-state index in [0.717, 1.165) is 22.5 Å². The molecule has 2 fully saturated rings. The van der Waals surface area contributed by atoms with E-state index < -0.39 is 12.0 Å². The van der Waals surface area contributed by atoms with Crippen molar-refractivity contribution in [2.24, 2.45) is 0 Å². The smallest absolute Gasteiger partial charge is 0.335 e. The molecule has 1 atom stereocenters. The molecule has 0 saturated carbocycles. The number of anilines is 2. The third-order valence-corrected chi connectivity index (χ3v) is 10.4. The summed E-state index contributed by atoms with van der Waals surface area (Å²) in [5.41, 5.74) is 3.73. The number of carboxylic acid groups (broad SMARTS) is 1. The molecule has 12 nitrogen and oxygen atoms in total. The zero-order valence-electron chi connectivity index (χ0n) is 26.1. The van der Waals surface area contributed by atoms with Crippen LogP contribution in [0.4, 0.5) is 21.0 Å². The highest BCUT2D eigenvalue weighted by Gasteiger charge is 2.35. The van der Waals surface area contributed by atoms with Gasteiger partial charge in [0.25, 0.3) is 0 Å². The fraction of sp³-hybridized carbons (Fsp3) is 0.353. The molecular formula is C34H36Br2N6O6. The average Bonchev–Trinajstić information content (AvgIpc) is 3.10. The quantitative estimate of drug-likeness (QED) is 0.261. The minimum absolute atomic E-state index is 0.0110. The fourth-order valence-corrected chi connectivity index (χ4v) is 7.81. The van der Waals surface area contributed by atoms with Crippen molar-refractivity contribution in [3.63, 3.8) is 0 Å². The van der Waals surface area contributed by atoms with Crippen molar-refractivity contribution in [3.8, 4) is 5.75 Å². The number of aromatic carboxylic acids is 1. The zero-order valence-corrected chi connectivity index (χ0v) is 29.2. The van der Waals surface area contributed by atoms with Crippen molar-refractivity contribution in [3.05, 3.63) is 86.3 Å². The number of phenols is 1. The topological polar surface area (TPSA) is 146 Å². The maximum absolute atomic E-state index is 14.0. The molecule has 5 amide bonds. The van der Waals surface area contributed by atoms with Crippen LogP contribution in [0.1, 0.15) is 34.3 Å². The first-order valence-electron chi connectivity index (χ1n) is 15.8. The SMILES string of the molecule is O=C(O)c1ccc(N2CCN(C(=O)[C@@H](Cc3cc(Br)c(O)c(Br)c3)NC(=O)N3CCC(N4Cc5ccccc5NC4=O)CC3)CC2)cc1. The van der Waals surface area contributed by atoms with E-state index in [4.69, 9.17) is 0 Å². The second-order valence-corrected chi connectivity index (χ2v) is 13.9. The first kappa shape index (κ1) is 33.6. The Balaban J connectivity index is 1.10. The molecule has 0 aliphatic carbocycles. The second-order valence-electron chi connectivity index (χ2n) is 12.2. The number of rotatable bonds is 7. The number of piperazine rings is 1. The van der Waals surface area contributed by atoms with Crippen molar-refractivity contribution in [1.82, 2.24) is 20.0 Å². The summed E-state index contributed by atoms with van der Waals surface area (Å²) in [5.74, 6) is -1.14. The number of carboxylic acids is 1. The Morgan fingerprint density at radius 1 is 0.896 bits per heavy atom. The van der Waals surface area contributed by atoms with E-state index in [-0.39, 0.29) is 41.7 Å². The molecule has 4 N–H and O–H groups in total. The highest BCUT2D eigenvalue weighted by Crippen LogP contribution is 2.34. The van der Waals surface area contributed by atoms with Crippen molar-refractivity contribution in [2.45, 2.75) is 37.9 Å². The van der Waals surface area contributed by atoms with Crippen molar-refractivity contribution in [1.29, 1.82) is 0 Å². The summed E-state index contributed by atoms with van der Waals surface area (Å²) in [7, 11) is 0. The maximum Gasteiger partial charge on any atom is 0.335 e. The van der Waals surface area contributed by atoms with Gasteiger partial charge in [0.1, 0.15) is 11.8 Å². The van der Waals surface area contributed by atoms with Gasteiger partial charge in [-0.05, 0) is 98.3 Å². The van der Waals surface area contributed by atoms with Crippen LogP contribution in [-0.2, 0) is 17.8 Å². The number of carbonyl (C=O) groups excluding carboxylic acids is 3. The van der Waals surface area contributed by atoms with Gasteiger partial charge in [0.05, 0.1) is 14.5 Å². The van der Waals surface area contributed by atoms with Crippen LogP contribution in [0.2, 0.25) is 0 Å². The number of benzene rings is 3. The van der Waals surface area contributed by atoms with Crippen molar-refractivity contribution < 1.29 is 29.4 Å². The number of nitrogens with zero attached hydrogens (tertiary/aromatic N) is 4. The largest absolute Gasteiger partial charge is 0.506 e.